The van der Waals surface area contributed by atoms with Gasteiger partial charge in [-0.2, -0.15) is 13.2 Å². The molecule has 2 aromatic carbocycles. The normalized spacial score (nSPS) is 12.5. The van der Waals surface area contributed by atoms with Gasteiger partial charge < -0.3 is 0 Å². The number of aryl methyl sites for hydroxylation is 3. The number of allylic oxidation sites excluding steroid dienone is 4. The van der Waals surface area contributed by atoms with Crippen molar-refractivity contribution < 1.29 is 22.0 Å². The Balaban J connectivity index is 2.22. The summed E-state index contributed by atoms with van der Waals surface area (Å²) in [6.07, 6.45) is -2.47. The molecule has 166 valence electrons. The van der Waals surface area contributed by atoms with Crippen molar-refractivity contribution in [2.75, 3.05) is 0 Å². The smallest absolute Gasteiger partial charge is 0.203 e. The van der Waals surface area contributed by atoms with E-state index < -0.39 is 22.7 Å². The van der Waals surface area contributed by atoms with Crippen LogP contribution in [0.3, 0.4) is 0 Å². The maximum atomic E-state index is 14.6. The van der Waals surface area contributed by atoms with Crippen LogP contribution in [0, 0.1) is 18.6 Å². The van der Waals surface area contributed by atoms with Crippen molar-refractivity contribution in [3.63, 3.8) is 0 Å². The molecule has 0 atom stereocenters. The highest BCUT2D eigenvalue weighted by Crippen LogP contribution is 2.34. The molecule has 0 bridgehead atoms. The molecule has 2 aromatic rings. The van der Waals surface area contributed by atoms with Gasteiger partial charge in [0.25, 0.3) is 0 Å². The monoisotopic (exact) mass is 452 g/mol. The Morgan fingerprint density at radius 1 is 0.935 bits per heavy atom. The Hall–Kier alpha value is -2.34. The summed E-state index contributed by atoms with van der Waals surface area (Å²) < 4.78 is 68.8. The van der Waals surface area contributed by atoms with Crippen molar-refractivity contribution in [3.8, 4) is 0 Å². The zero-order chi connectivity index (χ0) is 23.2. The van der Waals surface area contributed by atoms with E-state index in [0.29, 0.717) is 17.6 Å². The van der Waals surface area contributed by atoms with E-state index in [9.17, 15) is 22.0 Å². The van der Waals surface area contributed by atoms with Crippen LogP contribution in [-0.4, -0.2) is 6.18 Å². The lowest BCUT2D eigenvalue weighted by atomic mass is 9.95. The lowest BCUT2D eigenvalue weighted by Gasteiger charge is -2.16. The van der Waals surface area contributed by atoms with Crippen molar-refractivity contribution in [2.45, 2.75) is 45.2 Å². The standard InChI is InChI=1S/C25H25F5S/c1-4-16(2)7-10-19-11-12-20(23(27)22(19)26)13-14-21(24(31)25(28,29)30)15-18-8-5-17(3)6-9-18/h4-6,8-9,11-12,31H,1-2,7,10,13-15H2,3H3/b24-21-. The Labute approximate surface area is 185 Å². The van der Waals surface area contributed by atoms with Crippen LogP contribution in [-0.2, 0) is 19.3 Å². The average molecular weight is 453 g/mol. The van der Waals surface area contributed by atoms with Crippen LogP contribution in [0.1, 0.15) is 35.1 Å². The molecule has 0 aliphatic rings. The fourth-order valence-electron chi connectivity index (χ4n) is 3.14. The van der Waals surface area contributed by atoms with E-state index >= 15 is 0 Å². The first-order valence-corrected chi connectivity index (χ1v) is 10.3. The lowest BCUT2D eigenvalue weighted by molar-refractivity contribution is -0.0843. The second-order valence-corrected chi connectivity index (χ2v) is 7.93. The van der Waals surface area contributed by atoms with Gasteiger partial charge in [0.2, 0.25) is 0 Å². The SMILES string of the molecule is C=CC(=C)CCc1ccc(CC/C(Cc2ccc(C)cc2)=C(/S)C(F)(F)F)c(F)c1F. The first-order chi connectivity index (χ1) is 14.5. The summed E-state index contributed by atoms with van der Waals surface area (Å²) in [7, 11) is 0. The van der Waals surface area contributed by atoms with Crippen molar-refractivity contribution >= 4 is 12.6 Å². The van der Waals surface area contributed by atoms with E-state index in [1.165, 1.54) is 12.1 Å². The van der Waals surface area contributed by atoms with Crippen LogP contribution >= 0.6 is 12.6 Å². The minimum absolute atomic E-state index is 0.0322. The van der Waals surface area contributed by atoms with E-state index in [4.69, 9.17) is 0 Å². The first kappa shape index (κ1) is 24.9. The summed E-state index contributed by atoms with van der Waals surface area (Å²) in [5.74, 6) is -2.00. The van der Waals surface area contributed by atoms with Crippen LogP contribution in [0.25, 0.3) is 0 Å². The molecule has 0 saturated carbocycles. The number of hydrogen-bond donors (Lipinski definition) is 1. The van der Waals surface area contributed by atoms with Gasteiger partial charge in [0.15, 0.2) is 11.6 Å². The minimum Gasteiger partial charge on any atom is -0.203 e. The van der Waals surface area contributed by atoms with E-state index in [2.05, 4.69) is 25.8 Å². The molecule has 6 heteroatoms. The molecular formula is C25H25F5S. The molecule has 2 rings (SSSR count). The van der Waals surface area contributed by atoms with E-state index in [1.807, 2.05) is 19.1 Å². The van der Waals surface area contributed by atoms with Gasteiger partial charge in [0, 0.05) is 0 Å². The van der Waals surface area contributed by atoms with E-state index in [1.54, 1.807) is 18.2 Å². The van der Waals surface area contributed by atoms with Crippen LogP contribution in [0.5, 0.6) is 0 Å². The number of alkyl halides is 3. The largest absolute Gasteiger partial charge is 0.421 e. The third kappa shape index (κ3) is 7.10. The summed E-state index contributed by atoms with van der Waals surface area (Å²) in [4.78, 5) is -0.992. The van der Waals surface area contributed by atoms with Crippen molar-refractivity contribution in [3.05, 3.63) is 106 Å². The molecule has 0 unspecified atom stereocenters. The molecule has 0 nitrogen and oxygen atoms in total. The molecule has 0 aromatic heterocycles. The van der Waals surface area contributed by atoms with Crippen molar-refractivity contribution in [1.82, 2.24) is 0 Å². The summed E-state index contributed by atoms with van der Waals surface area (Å²) in [6.45, 7) is 9.20. The summed E-state index contributed by atoms with van der Waals surface area (Å²) in [5.41, 5.74) is 2.67. The lowest BCUT2D eigenvalue weighted by Crippen LogP contribution is -2.12. The highest BCUT2D eigenvalue weighted by molar-refractivity contribution is 7.84. The summed E-state index contributed by atoms with van der Waals surface area (Å²) >= 11 is 3.69. The molecule has 0 saturated heterocycles. The second-order valence-electron chi connectivity index (χ2n) is 7.49. The molecule has 0 fully saturated rings. The predicted octanol–water partition coefficient (Wildman–Crippen LogP) is 7.87. The van der Waals surface area contributed by atoms with Gasteiger partial charge >= 0.3 is 6.18 Å². The molecular weight excluding hydrogens is 427 g/mol. The first-order valence-electron chi connectivity index (χ1n) is 9.82. The van der Waals surface area contributed by atoms with Crippen LogP contribution < -0.4 is 0 Å². The molecule has 0 aliphatic heterocycles. The quantitative estimate of drug-likeness (QED) is 0.223. The van der Waals surface area contributed by atoms with E-state index in [0.717, 1.165) is 5.56 Å². The van der Waals surface area contributed by atoms with Gasteiger partial charge in [0.05, 0.1) is 4.91 Å². The third-order valence-corrected chi connectivity index (χ3v) is 5.65. The van der Waals surface area contributed by atoms with Crippen molar-refractivity contribution in [2.24, 2.45) is 0 Å². The maximum absolute atomic E-state index is 14.6. The second kappa shape index (κ2) is 10.8. The maximum Gasteiger partial charge on any atom is 0.421 e. The molecule has 0 N–H and O–H groups in total. The Bertz CT molecular complexity index is 969. The van der Waals surface area contributed by atoms with Gasteiger partial charge in [0.1, 0.15) is 0 Å². The fraction of sp³-hybridized carbons (Fsp3) is 0.280. The molecule has 31 heavy (non-hydrogen) atoms. The number of rotatable bonds is 9. The number of thiol groups is 1. The Morgan fingerprint density at radius 3 is 1.94 bits per heavy atom. The molecule has 0 amide bonds. The topological polar surface area (TPSA) is 0 Å². The minimum atomic E-state index is -4.61. The number of benzene rings is 2. The highest BCUT2D eigenvalue weighted by Gasteiger charge is 2.33. The summed E-state index contributed by atoms with van der Waals surface area (Å²) in [5, 5.41) is 0. The van der Waals surface area contributed by atoms with Crippen LogP contribution in [0.4, 0.5) is 22.0 Å². The average Bonchev–Trinajstić information content (AvgIpc) is 2.73. The molecule has 0 radical (unpaired) electrons. The third-order valence-electron chi connectivity index (χ3n) is 5.08. The number of hydrogen-bond acceptors (Lipinski definition) is 1. The fourth-order valence-corrected chi connectivity index (χ4v) is 3.33. The van der Waals surface area contributed by atoms with E-state index in [-0.39, 0.29) is 42.4 Å². The number of halogens is 5. The molecule has 0 aliphatic carbocycles. The van der Waals surface area contributed by atoms with Crippen LogP contribution in [0.2, 0.25) is 0 Å². The van der Waals surface area contributed by atoms with Gasteiger partial charge in [-0.3, -0.25) is 0 Å². The Kier molecular flexibility index (Phi) is 8.69. The van der Waals surface area contributed by atoms with Gasteiger partial charge in [-0.1, -0.05) is 66.8 Å². The highest BCUT2D eigenvalue weighted by atomic mass is 32.1. The van der Waals surface area contributed by atoms with Gasteiger partial charge in [-0.25, -0.2) is 8.78 Å². The van der Waals surface area contributed by atoms with Gasteiger partial charge in [-0.05, 0) is 61.3 Å². The zero-order valence-electron chi connectivity index (χ0n) is 17.3. The van der Waals surface area contributed by atoms with Crippen LogP contribution in [0.15, 0.2) is 71.7 Å². The zero-order valence-corrected chi connectivity index (χ0v) is 18.2. The summed E-state index contributed by atoms with van der Waals surface area (Å²) in [6, 6.07) is 10.0. The van der Waals surface area contributed by atoms with Crippen molar-refractivity contribution in [1.29, 1.82) is 0 Å². The predicted molar refractivity (Wildman–Crippen MR) is 119 cm³/mol. The molecule has 0 heterocycles. The molecule has 0 spiro atoms. The van der Waals surface area contributed by atoms with Gasteiger partial charge in [-0.15, -0.1) is 12.6 Å². The Morgan fingerprint density at radius 2 is 1.45 bits per heavy atom.